The molecule has 86 valence electrons. The molecule has 1 aliphatic rings. The first-order chi connectivity index (χ1) is 7.15. The lowest BCUT2D eigenvalue weighted by atomic mass is 9.66. The van der Waals surface area contributed by atoms with Crippen molar-refractivity contribution in [1.29, 1.82) is 5.26 Å². The number of hydrogen-bond acceptors (Lipinski definition) is 1. The number of rotatable bonds is 4. The molecule has 0 radical (unpaired) electrons. The summed E-state index contributed by atoms with van der Waals surface area (Å²) in [6, 6.07) is 2.65. The van der Waals surface area contributed by atoms with Crippen molar-refractivity contribution in [1.82, 2.24) is 0 Å². The van der Waals surface area contributed by atoms with Gasteiger partial charge in [-0.2, -0.15) is 5.26 Å². The Balaban J connectivity index is 2.63. The highest BCUT2D eigenvalue weighted by molar-refractivity contribution is 5.02. The third-order valence-electron chi connectivity index (χ3n) is 4.20. The lowest BCUT2D eigenvalue weighted by Crippen LogP contribution is -2.29. The van der Waals surface area contributed by atoms with Gasteiger partial charge in [0.15, 0.2) is 0 Å². The van der Waals surface area contributed by atoms with Crippen molar-refractivity contribution < 1.29 is 0 Å². The summed E-state index contributed by atoms with van der Waals surface area (Å²) < 4.78 is 0. The molecule has 0 aromatic rings. The highest BCUT2D eigenvalue weighted by atomic mass is 14.4. The molecule has 0 amide bonds. The summed E-state index contributed by atoms with van der Waals surface area (Å²) in [5.41, 5.74) is 0.0222. The van der Waals surface area contributed by atoms with Gasteiger partial charge < -0.3 is 0 Å². The van der Waals surface area contributed by atoms with E-state index in [-0.39, 0.29) is 5.41 Å². The second kappa shape index (κ2) is 5.54. The van der Waals surface area contributed by atoms with Crippen LogP contribution >= 0.6 is 0 Å². The van der Waals surface area contributed by atoms with Crippen molar-refractivity contribution in [3.63, 3.8) is 0 Å². The molecule has 3 unspecified atom stereocenters. The largest absolute Gasteiger partial charge is 0.198 e. The Morgan fingerprint density at radius 2 is 2.20 bits per heavy atom. The topological polar surface area (TPSA) is 23.8 Å². The first-order valence-electron chi connectivity index (χ1n) is 6.57. The first kappa shape index (κ1) is 12.6. The van der Waals surface area contributed by atoms with Crippen LogP contribution in [0.4, 0.5) is 0 Å². The van der Waals surface area contributed by atoms with Crippen molar-refractivity contribution in [3.05, 3.63) is 0 Å². The normalized spacial score (nSPS) is 33.3. The molecule has 1 aliphatic carbocycles. The van der Waals surface area contributed by atoms with E-state index in [1.165, 1.54) is 25.7 Å². The molecule has 1 fully saturated rings. The maximum atomic E-state index is 9.45. The van der Waals surface area contributed by atoms with Gasteiger partial charge in [-0.3, -0.25) is 0 Å². The van der Waals surface area contributed by atoms with Crippen LogP contribution in [0.2, 0.25) is 0 Å². The predicted octanol–water partition coefficient (Wildman–Crippen LogP) is 4.53. The second-order valence-electron chi connectivity index (χ2n) is 5.48. The summed E-state index contributed by atoms with van der Waals surface area (Å²) in [6.07, 6.45) is 8.50. The Hall–Kier alpha value is -0.510. The average molecular weight is 207 g/mol. The highest BCUT2D eigenvalue weighted by Gasteiger charge is 2.36. The average Bonchev–Trinajstić information content (AvgIpc) is 2.29. The van der Waals surface area contributed by atoms with E-state index in [9.17, 15) is 5.26 Å². The quantitative estimate of drug-likeness (QED) is 0.664. The molecule has 15 heavy (non-hydrogen) atoms. The summed E-state index contributed by atoms with van der Waals surface area (Å²) in [4.78, 5) is 0. The van der Waals surface area contributed by atoms with Crippen LogP contribution in [0.3, 0.4) is 0 Å². The minimum Gasteiger partial charge on any atom is -0.198 e. The van der Waals surface area contributed by atoms with Crippen molar-refractivity contribution >= 4 is 0 Å². The van der Waals surface area contributed by atoms with Gasteiger partial charge in [-0.15, -0.1) is 0 Å². The molecule has 1 heteroatoms. The van der Waals surface area contributed by atoms with Gasteiger partial charge in [-0.1, -0.05) is 46.5 Å². The second-order valence-corrected chi connectivity index (χ2v) is 5.48. The molecule has 0 N–H and O–H groups in total. The van der Waals surface area contributed by atoms with Gasteiger partial charge in [0, 0.05) is 0 Å². The van der Waals surface area contributed by atoms with Crippen LogP contribution in [-0.4, -0.2) is 0 Å². The fourth-order valence-corrected chi connectivity index (χ4v) is 2.98. The zero-order valence-corrected chi connectivity index (χ0v) is 10.6. The summed E-state index contributed by atoms with van der Waals surface area (Å²) in [5.74, 6) is 1.52. The Bertz CT molecular complexity index is 224. The summed E-state index contributed by atoms with van der Waals surface area (Å²) in [6.45, 7) is 6.78. The van der Waals surface area contributed by atoms with Crippen LogP contribution < -0.4 is 0 Å². The summed E-state index contributed by atoms with van der Waals surface area (Å²) in [7, 11) is 0. The van der Waals surface area contributed by atoms with E-state index in [0.717, 1.165) is 25.2 Å². The summed E-state index contributed by atoms with van der Waals surface area (Å²) in [5, 5.41) is 9.45. The zero-order chi connectivity index (χ0) is 11.3. The molecule has 1 saturated carbocycles. The molecule has 3 atom stereocenters. The lowest BCUT2D eigenvalue weighted by Gasteiger charge is -2.37. The molecule has 0 aromatic heterocycles. The van der Waals surface area contributed by atoms with Gasteiger partial charge in [0.05, 0.1) is 11.5 Å². The van der Waals surface area contributed by atoms with E-state index in [1.54, 1.807) is 0 Å². The van der Waals surface area contributed by atoms with E-state index >= 15 is 0 Å². The molecule has 0 aliphatic heterocycles. The summed E-state index contributed by atoms with van der Waals surface area (Å²) >= 11 is 0. The van der Waals surface area contributed by atoms with Gasteiger partial charge in [-0.05, 0) is 31.1 Å². The zero-order valence-electron chi connectivity index (χ0n) is 10.6. The lowest BCUT2D eigenvalue weighted by molar-refractivity contribution is 0.160. The van der Waals surface area contributed by atoms with Crippen LogP contribution in [0.5, 0.6) is 0 Å². The third-order valence-corrected chi connectivity index (χ3v) is 4.20. The van der Waals surface area contributed by atoms with E-state index in [4.69, 9.17) is 0 Å². The molecule has 1 nitrogen and oxygen atoms in total. The maximum Gasteiger partial charge on any atom is 0.0689 e. The molecular formula is C14H25N. The van der Waals surface area contributed by atoms with E-state index in [0.29, 0.717) is 5.92 Å². The Morgan fingerprint density at radius 3 is 2.73 bits per heavy atom. The van der Waals surface area contributed by atoms with Crippen LogP contribution in [0, 0.1) is 28.6 Å². The standard InChI is InChI=1S/C14H25N/c1-4-12(3)9-14(11-15)8-6-7-13(5-2)10-14/h12-13H,4-10H2,1-3H3. The van der Waals surface area contributed by atoms with Crippen molar-refractivity contribution in [2.75, 3.05) is 0 Å². The molecule has 1 rings (SSSR count). The van der Waals surface area contributed by atoms with Crippen molar-refractivity contribution in [2.24, 2.45) is 17.3 Å². The molecule has 0 aromatic carbocycles. The Kier molecular flexibility index (Phi) is 4.64. The SMILES string of the molecule is CCC(C)CC1(C#N)CCCC(CC)C1. The first-order valence-corrected chi connectivity index (χ1v) is 6.57. The van der Waals surface area contributed by atoms with E-state index in [2.05, 4.69) is 26.8 Å². The smallest absolute Gasteiger partial charge is 0.0689 e. The Morgan fingerprint density at radius 1 is 1.47 bits per heavy atom. The number of nitrogens with zero attached hydrogens (tertiary/aromatic N) is 1. The molecular weight excluding hydrogens is 182 g/mol. The van der Waals surface area contributed by atoms with Crippen LogP contribution in [-0.2, 0) is 0 Å². The van der Waals surface area contributed by atoms with Gasteiger partial charge in [0.25, 0.3) is 0 Å². The predicted molar refractivity (Wildman–Crippen MR) is 64.4 cm³/mol. The van der Waals surface area contributed by atoms with Crippen LogP contribution in [0.25, 0.3) is 0 Å². The van der Waals surface area contributed by atoms with Gasteiger partial charge in [-0.25, -0.2) is 0 Å². The van der Waals surface area contributed by atoms with Gasteiger partial charge in [0.1, 0.15) is 0 Å². The fraction of sp³-hybridized carbons (Fsp3) is 0.929. The van der Waals surface area contributed by atoms with Gasteiger partial charge in [0.2, 0.25) is 0 Å². The van der Waals surface area contributed by atoms with Crippen LogP contribution in [0.1, 0.15) is 65.7 Å². The van der Waals surface area contributed by atoms with Gasteiger partial charge >= 0.3 is 0 Å². The van der Waals surface area contributed by atoms with Crippen molar-refractivity contribution in [2.45, 2.75) is 65.7 Å². The van der Waals surface area contributed by atoms with E-state index in [1.807, 2.05) is 0 Å². The molecule has 0 heterocycles. The van der Waals surface area contributed by atoms with Crippen LogP contribution in [0.15, 0.2) is 0 Å². The van der Waals surface area contributed by atoms with E-state index < -0.39 is 0 Å². The third kappa shape index (κ3) is 3.23. The molecule has 0 saturated heterocycles. The van der Waals surface area contributed by atoms with Crippen molar-refractivity contribution in [3.8, 4) is 6.07 Å². The minimum atomic E-state index is 0.0222. The maximum absolute atomic E-state index is 9.45. The Labute approximate surface area is 94.9 Å². The number of hydrogen-bond donors (Lipinski definition) is 0. The molecule has 0 bridgehead atoms. The number of nitriles is 1. The highest BCUT2D eigenvalue weighted by Crippen LogP contribution is 2.44. The molecule has 0 spiro atoms. The monoisotopic (exact) mass is 207 g/mol. The fourth-order valence-electron chi connectivity index (χ4n) is 2.98. The minimum absolute atomic E-state index is 0.0222.